The molecule has 0 spiro atoms. The number of hydrogen-bond donors (Lipinski definition) is 1. The minimum Gasteiger partial charge on any atom is -0.328 e. The van der Waals surface area contributed by atoms with Crippen molar-refractivity contribution in [3.63, 3.8) is 0 Å². The molecule has 6 nitrogen and oxygen atoms in total. The van der Waals surface area contributed by atoms with Gasteiger partial charge in [0.05, 0.1) is 17.7 Å². The number of nitrogens with one attached hydrogen (secondary N) is 1. The van der Waals surface area contributed by atoms with Crippen molar-refractivity contribution in [3.8, 4) is 16.9 Å². The Morgan fingerprint density at radius 1 is 1.03 bits per heavy atom. The predicted octanol–water partition coefficient (Wildman–Crippen LogP) is 3.86. The van der Waals surface area contributed by atoms with Gasteiger partial charge >= 0.3 is 0 Å². The van der Waals surface area contributed by atoms with Crippen LogP contribution in [0.15, 0.2) is 73.3 Å². The van der Waals surface area contributed by atoms with Crippen LogP contribution in [0.25, 0.3) is 16.9 Å². The van der Waals surface area contributed by atoms with Crippen LogP contribution in [-0.2, 0) is 24.2 Å². The summed E-state index contributed by atoms with van der Waals surface area (Å²) in [6.45, 7) is 0.203. The standard InChI is InChI=1S/C23H21N5O/c29-23(15-27-12-11-24-16-27)25-22-14-21(26-28(22)20-7-2-1-3-8-20)19-10-9-17-5-4-6-18(17)13-19/h1-3,7-14,16H,4-6,15H2,(H,25,29). The first-order valence-electron chi connectivity index (χ1n) is 9.79. The second-order valence-electron chi connectivity index (χ2n) is 7.28. The van der Waals surface area contributed by atoms with Crippen LogP contribution in [0.3, 0.4) is 0 Å². The Balaban J connectivity index is 1.50. The molecular weight excluding hydrogens is 362 g/mol. The summed E-state index contributed by atoms with van der Waals surface area (Å²) in [6, 6.07) is 18.3. The van der Waals surface area contributed by atoms with Gasteiger partial charge in [0.25, 0.3) is 0 Å². The topological polar surface area (TPSA) is 64.7 Å². The molecule has 2 aromatic heterocycles. The van der Waals surface area contributed by atoms with Crippen LogP contribution in [0.4, 0.5) is 5.82 Å². The van der Waals surface area contributed by atoms with Crippen molar-refractivity contribution in [2.75, 3.05) is 5.32 Å². The maximum atomic E-state index is 12.6. The molecule has 0 saturated heterocycles. The number of nitrogens with zero attached hydrogens (tertiary/aromatic N) is 4. The maximum absolute atomic E-state index is 12.6. The van der Waals surface area contributed by atoms with E-state index in [-0.39, 0.29) is 12.5 Å². The fourth-order valence-corrected chi connectivity index (χ4v) is 3.84. The first-order valence-corrected chi connectivity index (χ1v) is 9.79. The first kappa shape index (κ1) is 17.4. The third kappa shape index (κ3) is 3.57. The SMILES string of the molecule is O=C(Cn1ccnc1)Nc1cc(-c2ccc3c(c2)CCC3)nn1-c1ccccc1. The maximum Gasteiger partial charge on any atom is 0.245 e. The van der Waals surface area contributed by atoms with E-state index >= 15 is 0 Å². The largest absolute Gasteiger partial charge is 0.328 e. The second kappa shape index (κ2) is 7.39. The van der Waals surface area contributed by atoms with E-state index in [2.05, 4.69) is 28.5 Å². The molecule has 1 aliphatic carbocycles. The number of aryl methyl sites for hydroxylation is 2. The van der Waals surface area contributed by atoms with Gasteiger partial charge in [-0.25, -0.2) is 9.67 Å². The predicted molar refractivity (Wildman–Crippen MR) is 112 cm³/mol. The Kier molecular flexibility index (Phi) is 4.44. The van der Waals surface area contributed by atoms with Crippen molar-refractivity contribution in [2.24, 2.45) is 0 Å². The molecule has 4 aromatic rings. The van der Waals surface area contributed by atoms with E-state index in [4.69, 9.17) is 5.10 Å². The lowest BCUT2D eigenvalue weighted by molar-refractivity contribution is -0.116. The van der Waals surface area contributed by atoms with Crippen molar-refractivity contribution in [1.29, 1.82) is 0 Å². The van der Waals surface area contributed by atoms with Gasteiger partial charge in [0.2, 0.25) is 5.91 Å². The van der Waals surface area contributed by atoms with Crippen molar-refractivity contribution in [2.45, 2.75) is 25.8 Å². The minimum atomic E-state index is -0.124. The van der Waals surface area contributed by atoms with Crippen molar-refractivity contribution >= 4 is 11.7 Å². The number of para-hydroxylation sites is 1. The number of rotatable bonds is 5. The molecule has 5 rings (SSSR count). The number of anilines is 1. The van der Waals surface area contributed by atoms with Gasteiger partial charge in [-0.1, -0.05) is 30.3 Å². The normalized spacial score (nSPS) is 12.7. The number of fused-ring (bicyclic) bond motifs is 1. The van der Waals surface area contributed by atoms with Crippen LogP contribution < -0.4 is 5.32 Å². The van der Waals surface area contributed by atoms with Crippen LogP contribution in [0.1, 0.15) is 17.5 Å². The summed E-state index contributed by atoms with van der Waals surface area (Å²) in [5.41, 5.74) is 5.66. The molecule has 1 amide bonds. The molecule has 2 aromatic carbocycles. The summed E-state index contributed by atoms with van der Waals surface area (Å²) in [7, 11) is 0. The first-order chi connectivity index (χ1) is 14.3. The highest BCUT2D eigenvalue weighted by Gasteiger charge is 2.16. The highest BCUT2D eigenvalue weighted by atomic mass is 16.2. The molecule has 29 heavy (non-hydrogen) atoms. The fraction of sp³-hybridized carbons (Fsp3) is 0.174. The van der Waals surface area contributed by atoms with Crippen LogP contribution in [0, 0.1) is 0 Å². The zero-order chi connectivity index (χ0) is 19.6. The summed E-state index contributed by atoms with van der Waals surface area (Å²) < 4.78 is 3.52. The smallest absolute Gasteiger partial charge is 0.245 e. The van der Waals surface area contributed by atoms with Gasteiger partial charge in [0.1, 0.15) is 12.4 Å². The summed E-state index contributed by atoms with van der Waals surface area (Å²) in [6.07, 6.45) is 8.55. The molecule has 0 unspecified atom stereocenters. The van der Waals surface area contributed by atoms with Crippen LogP contribution in [0.2, 0.25) is 0 Å². The van der Waals surface area contributed by atoms with E-state index < -0.39 is 0 Å². The number of benzene rings is 2. The van der Waals surface area contributed by atoms with E-state index in [0.717, 1.165) is 29.8 Å². The lowest BCUT2D eigenvalue weighted by atomic mass is 10.0. The molecule has 1 aliphatic rings. The van der Waals surface area contributed by atoms with Gasteiger partial charge in [-0.15, -0.1) is 0 Å². The number of aromatic nitrogens is 4. The molecule has 0 aliphatic heterocycles. The molecule has 0 atom stereocenters. The van der Waals surface area contributed by atoms with Gasteiger partial charge in [-0.2, -0.15) is 5.10 Å². The highest BCUT2D eigenvalue weighted by molar-refractivity contribution is 5.90. The zero-order valence-electron chi connectivity index (χ0n) is 16.0. The van der Waals surface area contributed by atoms with E-state index in [1.165, 1.54) is 17.5 Å². The molecule has 1 N–H and O–H groups in total. The Labute approximate surface area is 168 Å². The molecule has 144 valence electrons. The van der Waals surface area contributed by atoms with Crippen molar-refractivity contribution in [3.05, 3.63) is 84.4 Å². The fourth-order valence-electron chi connectivity index (χ4n) is 3.84. The van der Waals surface area contributed by atoms with Gasteiger partial charge < -0.3 is 9.88 Å². The monoisotopic (exact) mass is 383 g/mol. The van der Waals surface area contributed by atoms with Crippen molar-refractivity contribution < 1.29 is 4.79 Å². The molecular formula is C23H21N5O. The summed E-state index contributed by atoms with van der Waals surface area (Å²) in [4.78, 5) is 16.5. The quantitative estimate of drug-likeness (QED) is 0.569. The number of carbonyl (C=O) groups is 1. The average Bonchev–Trinajstić information content (AvgIpc) is 3.49. The number of hydrogen-bond acceptors (Lipinski definition) is 3. The summed E-state index contributed by atoms with van der Waals surface area (Å²) in [5.74, 6) is 0.525. The van der Waals surface area contributed by atoms with Gasteiger partial charge in [-0.3, -0.25) is 4.79 Å². The Hall–Kier alpha value is -3.67. The number of amides is 1. The van der Waals surface area contributed by atoms with Gasteiger partial charge in [-0.05, 0) is 48.6 Å². The zero-order valence-corrected chi connectivity index (χ0v) is 16.0. The van der Waals surface area contributed by atoms with E-state index in [1.54, 1.807) is 28.0 Å². The van der Waals surface area contributed by atoms with Crippen LogP contribution >= 0.6 is 0 Å². The molecule has 0 bridgehead atoms. The molecule has 0 saturated carbocycles. The molecule has 2 heterocycles. The van der Waals surface area contributed by atoms with Crippen LogP contribution in [0.5, 0.6) is 0 Å². The third-order valence-electron chi connectivity index (χ3n) is 5.26. The number of carbonyl (C=O) groups excluding carboxylic acids is 1. The Morgan fingerprint density at radius 3 is 2.72 bits per heavy atom. The number of imidazole rings is 1. The van der Waals surface area contributed by atoms with E-state index in [1.807, 2.05) is 36.4 Å². The molecule has 0 radical (unpaired) electrons. The summed E-state index contributed by atoms with van der Waals surface area (Å²) in [5, 5.41) is 7.81. The average molecular weight is 383 g/mol. The summed E-state index contributed by atoms with van der Waals surface area (Å²) >= 11 is 0. The lowest BCUT2D eigenvalue weighted by Gasteiger charge is -2.09. The lowest BCUT2D eigenvalue weighted by Crippen LogP contribution is -2.19. The second-order valence-corrected chi connectivity index (χ2v) is 7.28. The van der Waals surface area contributed by atoms with Gasteiger partial charge in [0.15, 0.2) is 0 Å². The Bertz CT molecular complexity index is 1150. The van der Waals surface area contributed by atoms with Crippen molar-refractivity contribution in [1.82, 2.24) is 19.3 Å². The van der Waals surface area contributed by atoms with Crippen LogP contribution in [-0.4, -0.2) is 25.2 Å². The molecule has 6 heteroatoms. The van der Waals surface area contributed by atoms with Gasteiger partial charge in [0, 0.05) is 24.0 Å². The minimum absolute atomic E-state index is 0.124. The third-order valence-corrected chi connectivity index (χ3v) is 5.26. The Morgan fingerprint density at radius 2 is 1.90 bits per heavy atom. The van der Waals surface area contributed by atoms with E-state index in [9.17, 15) is 4.79 Å². The van der Waals surface area contributed by atoms with E-state index in [0.29, 0.717) is 5.82 Å². The highest BCUT2D eigenvalue weighted by Crippen LogP contribution is 2.30. The molecule has 0 fully saturated rings.